The van der Waals surface area contributed by atoms with Crippen LogP contribution >= 0.6 is 0 Å². The molecule has 11 heteroatoms. The molecule has 0 aliphatic carbocycles. The first-order valence-corrected chi connectivity index (χ1v) is 8.24. The van der Waals surface area contributed by atoms with Crippen LogP contribution in [0.1, 0.15) is 0 Å². The van der Waals surface area contributed by atoms with Crippen molar-refractivity contribution in [3.8, 4) is 0 Å². The summed E-state index contributed by atoms with van der Waals surface area (Å²) in [6, 6.07) is 18.9. The molecule has 3 rings (SSSR count). The zero-order valence-corrected chi connectivity index (χ0v) is 14.7. The molecule has 0 radical (unpaired) electrons. The van der Waals surface area contributed by atoms with E-state index in [1.54, 1.807) is 65.7 Å². The van der Waals surface area contributed by atoms with Gasteiger partial charge in [-0.3, -0.25) is 30.3 Å². The molecule has 0 amide bonds. The second-order valence-electron chi connectivity index (χ2n) is 5.84. The second kappa shape index (κ2) is 8.10. The predicted octanol–water partition coefficient (Wildman–Crippen LogP) is 3.36. The Hall–Kier alpha value is -4.38. The first-order chi connectivity index (χ1) is 13.9. The van der Waals surface area contributed by atoms with Gasteiger partial charge >= 0.3 is 17.1 Å². The summed E-state index contributed by atoms with van der Waals surface area (Å²) in [5.74, 6) is 0. The van der Waals surface area contributed by atoms with Gasteiger partial charge in [0.25, 0.3) is 5.69 Å². The Kier molecular flexibility index (Phi) is 5.42. The van der Waals surface area contributed by atoms with Crippen molar-refractivity contribution in [1.82, 2.24) is 0 Å². The van der Waals surface area contributed by atoms with E-state index in [0.29, 0.717) is 23.5 Å². The van der Waals surface area contributed by atoms with Gasteiger partial charge in [0.2, 0.25) is 0 Å². The second-order valence-corrected chi connectivity index (χ2v) is 5.84. The van der Waals surface area contributed by atoms with E-state index in [9.17, 15) is 30.3 Å². The molecular weight excluding hydrogens is 382 g/mol. The molecule has 0 aromatic heterocycles. The molecular formula is C18H14N5O6+. The van der Waals surface area contributed by atoms with Gasteiger partial charge in [-0.25, -0.2) is 0 Å². The smallest absolute Gasteiger partial charge is 0.258 e. The molecule has 0 fully saturated rings. The van der Waals surface area contributed by atoms with Crippen LogP contribution in [0.2, 0.25) is 0 Å². The van der Waals surface area contributed by atoms with Gasteiger partial charge in [-0.15, -0.1) is 0 Å². The van der Waals surface area contributed by atoms with Crippen molar-refractivity contribution in [3.05, 3.63) is 103 Å². The van der Waals surface area contributed by atoms with Crippen molar-refractivity contribution in [1.29, 1.82) is 0 Å². The molecule has 3 aromatic rings. The number of anilines is 2. The van der Waals surface area contributed by atoms with Crippen molar-refractivity contribution >= 4 is 34.1 Å². The van der Waals surface area contributed by atoms with E-state index in [0.717, 1.165) is 0 Å². The van der Waals surface area contributed by atoms with Crippen molar-refractivity contribution in [3.63, 3.8) is 0 Å². The van der Waals surface area contributed by atoms with E-state index in [1.165, 1.54) is 5.43 Å². The number of benzene rings is 3. The number of nitro groups is 3. The third-order valence-electron chi connectivity index (χ3n) is 4.05. The fraction of sp³-hybridized carbons (Fsp3) is 0. The van der Waals surface area contributed by atoms with E-state index in [2.05, 4.69) is 0 Å². The van der Waals surface area contributed by atoms with Crippen molar-refractivity contribution < 1.29 is 20.2 Å². The first kappa shape index (κ1) is 19.4. The summed E-state index contributed by atoms with van der Waals surface area (Å²) < 4.78 is 0. The van der Waals surface area contributed by atoms with Gasteiger partial charge < -0.3 is 0 Å². The van der Waals surface area contributed by atoms with Crippen LogP contribution in [0.25, 0.3) is 0 Å². The van der Waals surface area contributed by atoms with Crippen LogP contribution in [-0.2, 0) is 0 Å². The maximum Gasteiger partial charge on any atom is 0.345 e. The molecule has 0 unspecified atom stereocenters. The van der Waals surface area contributed by atoms with Crippen LogP contribution in [0.3, 0.4) is 0 Å². The molecule has 11 nitrogen and oxygen atoms in total. The largest absolute Gasteiger partial charge is 0.345 e. The van der Waals surface area contributed by atoms with Gasteiger partial charge in [-0.2, -0.15) is 10.4 Å². The normalized spacial score (nSPS) is 10.3. The Labute approximate surface area is 163 Å². The lowest BCUT2D eigenvalue weighted by molar-refractivity contribution is -0.585. The number of nitrogens with zero attached hydrogens (tertiary/aromatic N) is 4. The highest BCUT2D eigenvalue weighted by molar-refractivity contribution is 5.71. The molecule has 29 heavy (non-hydrogen) atoms. The number of rotatable bonds is 7. The average Bonchev–Trinajstić information content (AvgIpc) is 2.72. The number of hydrogen-bond acceptors (Lipinski definition) is 7. The number of non-ortho nitro benzene ring substituents is 1. The Balaban J connectivity index is 2.21. The van der Waals surface area contributed by atoms with E-state index >= 15 is 0 Å². The minimum Gasteiger partial charge on any atom is -0.258 e. The minimum absolute atomic E-state index is 0.349. The summed E-state index contributed by atoms with van der Waals surface area (Å²) in [7, 11) is 0. The van der Waals surface area contributed by atoms with Crippen LogP contribution in [0.5, 0.6) is 0 Å². The number of nitro benzene ring substituents is 3. The van der Waals surface area contributed by atoms with Crippen LogP contribution in [0, 0.1) is 30.3 Å². The standard InChI is InChI=1S/C18H13N5O6/c24-21(25)15-11-16(22(26)27)18(17(12-15)23(28)29)19-20(13-7-3-1-4-8-13)14-9-5-2-6-10-14/h1-12,19H/p+1. The summed E-state index contributed by atoms with van der Waals surface area (Å²) in [5, 5.41) is 35.7. The van der Waals surface area contributed by atoms with E-state index in [-0.39, 0.29) is 5.69 Å². The number of nitrogens with two attached hydrogens (primary N) is 1. The van der Waals surface area contributed by atoms with Gasteiger partial charge in [-0.05, 0) is 24.3 Å². The molecule has 0 bridgehead atoms. The maximum atomic E-state index is 11.5. The maximum absolute atomic E-state index is 11.5. The van der Waals surface area contributed by atoms with E-state index in [1.807, 2.05) is 0 Å². The monoisotopic (exact) mass is 396 g/mol. The summed E-state index contributed by atoms with van der Waals surface area (Å²) in [5.41, 5.74) is -0.110. The molecule has 0 spiro atoms. The van der Waals surface area contributed by atoms with Crippen molar-refractivity contribution in [2.45, 2.75) is 0 Å². The highest BCUT2D eigenvalue weighted by Crippen LogP contribution is 2.36. The highest BCUT2D eigenvalue weighted by Gasteiger charge is 2.36. The fourth-order valence-electron chi connectivity index (χ4n) is 2.75. The fourth-order valence-corrected chi connectivity index (χ4v) is 2.75. The van der Waals surface area contributed by atoms with Crippen LogP contribution < -0.4 is 10.4 Å². The Bertz CT molecular complexity index is 1000. The van der Waals surface area contributed by atoms with E-state index in [4.69, 9.17) is 0 Å². The number of hydrogen-bond donors (Lipinski definition) is 1. The zero-order valence-electron chi connectivity index (χ0n) is 14.7. The summed E-state index contributed by atoms with van der Waals surface area (Å²) >= 11 is 0. The third kappa shape index (κ3) is 4.14. The minimum atomic E-state index is -0.907. The van der Waals surface area contributed by atoms with Crippen molar-refractivity contribution in [2.75, 3.05) is 5.01 Å². The van der Waals surface area contributed by atoms with Gasteiger partial charge in [-0.1, -0.05) is 36.4 Å². The molecule has 3 aromatic carbocycles. The predicted molar refractivity (Wildman–Crippen MR) is 103 cm³/mol. The molecule has 2 N–H and O–H groups in total. The molecule has 0 saturated heterocycles. The summed E-state index contributed by atoms with van der Waals surface area (Å²) in [4.78, 5) is 31.5. The third-order valence-corrected chi connectivity index (χ3v) is 4.05. The van der Waals surface area contributed by atoms with Gasteiger partial charge in [0.15, 0.2) is 0 Å². The topological polar surface area (TPSA) is 149 Å². The lowest BCUT2D eigenvalue weighted by atomic mass is 10.2. The van der Waals surface area contributed by atoms with Crippen molar-refractivity contribution in [2.24, 2.45) is 0 Å². The SMILES string of the molecule is O=[N+]([O-])c1cc([N+](=O)[O-])c([NH2+]N(c2ccccc2)c2ccccc2)c([N+](=O)[O-])c1. The quantitative estimate of drug-likeness (QED) is 0.278. The zero-order chi connectivity index (χ0) is 21.0. The summed E-state index contributed by atoms with van der Waals surface area (Å²) in [6.45, 7) is 0. The molecule has 0 heterocycles. The average molecular weight is 396 g/mol. The van der Waals surface area contributed by atoms with Crippen LogP contribution in [0.15, 0.2) is 72.8 Å². The van der Waals surface area contributed by atoms with Gasteiger partial charge in [0.05, 0.1) is 26.1 Å². The molecule has 0 saturated carbocycles. The Morgan fingerprint density at radius 3 is 1.41 bits per heavy atom. The van der Waals surface area contributed by atoms with Crippen LogP contribution in [0.4, 0.5) is 34.1 Å². The Morgan fingerprint density at radius 2 is 1.07 bits per heavy atom. The van der Waals surface area contributed by atoms with Gasteiger partial charge in [0.1, 0.15) is 12.1 Å². The first-order valence-electron chi connectivity index (χ1n) is 8.24. The number of quaternary nitrogens is 1. The van der Waals surface area contributed by atoms with Crippen LogP contribution in [-0.4, -0.2) is 14.8 Å². The highest BCUT2D eigenvalue weighted by atomic mass is 16.6. The lowest BCUT2D eigenvalue weighted by Gasteiger charge is -2.21. The molecule has 0 aliphatic heterocycles. The van der Waals surface area contributed by atoms with E-state index < -0.39 is 31.8 Å². The number of para-hydroxylation sites is 2. The molecule has 146 valence electrons. The lowest BCUT2D eigenvalue weighted by Crippen LogP contribution is -2.88. The van der Waals surface area contributed by atoms with Gasteiger partial charge in [0, 0.05) is 0 Å². The molecule has 0 atom stereocenters. The molecule has 0 aliphatic rings. The summed E-state index contributed by atoms with van der Waals surface area (Å²) in [6.07, 6.45) is 0. The Morgan fingerprint density at radius 1 is 0.655 bits per heavy atom.